The van der Waals surface area contributed by atoms with Gasteiger partial charge in [-0.2, -0.15) is 0 Å². The Morgan fingerprint density at radius 2 is 1.88 bits per heavy atom. The first-order valence-corrected chi connectivity index (χ1v) is 14.4. The highest BCUT2D eigenvalue weighted by atomic mass is 16.5. The van der Waals surface area contributed by atoms with Crippen LogP contribution in [0.1, 0.15) is 69.1 Å². The van der Waals surface area contributed by atoms with E-state index >= 15 is 0 Å². The molecule has 0 spiro atoms. The van der Waals surface area contributed by atoms with Gasteiger partial charge in [-0.1, -0.05) is 45.9 Å². The van der Waals surface area contributed by atoms with Crippen molar-refractivity contribution in [2.24, 2.45) is 5.92 Å². The minimum Gasteiger partial charge on any atom is -0.505 e. The molecule has 1 saturated heterocycles. The Morgan fingerprint density at radius 1 is 1.12 bits per heavy atom. The Bertz CT molecular complexity index is 1400. The third-order valence-electron chi connectivity index (χ3n) is 7.75. The predicted molar refractivity (Wildman–Crippen MR) is 157 cm³/mol. The number of carbonyl (C=O) groups excluding carboxylic acids is 2. The highest BCUT2D eigenvalue weighted by molar-refractivity contribution is 6.46. The van der Waals surface area contributed by atoms with Crippen molar-refractivity contribution >= 4 is 23.1 Å². The summed E-state index contributed by atoms with van der Waals surface area (Å²) in [5.41, 5.74) is 3.45. The van der Waals surface area contributed by atoms with Gasteiger partial charge in [-0.05, 0) is 81.6 Å². The molecule has 8 nitrogen and oxygen atoms in total. The summed E-state index contributed by atoms with van der Waals surface area (Å²) in [6.07, 6.45) is 3.51. The molecule has 40 heavy (non-hydrogen) atoms. The number of aromatic nitrogens is 2. The number of aryl methyl sites for hydroxylation is 2. The minimum absolute atomic E-state index is 0.0660. The SMILES string of the molecule is CCN(CC)CCCN1C(=O)C(=O)/C(=C(/O)c2nc3c(C)cccn3c2C)C1c1cccc(OCCC(C)C)c1. The zero-order chi connectivity index (χ0) is 29.0. The number of likely N-dealkylation sites (tertiary alicyclic amines) is 1. The van der Waals surface area contributed by atoms with E-state index < -0.39 is 17.7 Å². The van der Waals surface area contributed by atoms with Crippen molar-refractivity contribution in [2.75, 3.05) is 32.8 Å². The molecule has 3 heterocycles. The van der Waals surface area contributed by atoms with Gasteiger partial charge in [-0.25, -0.2) is 4.98 Å². The summed E-state index contributed by atoms with van der Waals surface area (Å²) < 4.78 is 7.90. The van der Waals surface area contributed by atoms with Crippen LogP contribution >= 0.6 is 0 Å². The van der Waals surface area contributed by atoms with Crippen molar-refractivity contribution in [2.45, 2.75) is 60.4 Å². The molecule has 2 aromatic heterocycles. The van der Waals surface area contributed by atoms with Gasteiger partial charge in [0.15, 0.2) is 5.76 Å². The Morgan fingerprint density at radius 3 is 2.55 bits per heavy atom. The fourth-order valence-corrected chi connectivity index (χ4v) is 5.32. The molecule has 1 atom stereocenters. The number of amides is 1. The topological polar surface area (TPSA) is 87.4 Å². The molecular weight excluding hydrogens is 504 g/mol. The standard InChI is InChI=1S/C32H42N4O4/c1-7-34(8-2)16-11-18-36-28(24-13-9-14-25(20-24)40-19-15-21(3)4)26(30(38)32(36)39)29(37)27-23(6)35-17-10-12-22(5)31(35)33-27/h9-10,12-14,17,20-21,28,37H,7-8,11,15-16,18-19H2,1-6H3/b29-26+. The molecule has 214 valence electrons. The van der Waals surface area contributed by atoms with Gasteiger partial charge in [0.25, 0.3) is 11.7 Å². The molecule has 0 aliphatic carbocycles. The lowest BCUT2D eigenvalue weighted by molar-refractivity contribution is -0.140. The maximum atomic E-state index is 13.6. The summed E-state index contributed by atoms with van der Waals surface area (Å²) in [4.78, 5) is 35.6. The number of aliphatic hydroxyl groups excluding tert-OH is 1. The van der Waals surface area contributed by atoms with Crippen LogP contribution < -0.4 is 4.74 Å². The van der Waals surface area contributed by atoms with Crippen LogP contribution in [0, 0.1) is 19.8 Å². The lowest BCUT2D eigenvalue weighted by atomic mass is 9.96. The zero-order valence-corrected chi connectivity index (χ0v) is 24.6. The van der Waals surface area contributed by atoms with Crippen molar-refractivity contribution in [1.82, 2.24) is 19.2 Å². The maximum absolute atomic E-state index is 13.6. The number of ketones is 1. The average molecular weight is 547 g/mol. The van der Waals surface area contributed by atoms with Crippen LogP contribution in [0.4, 0.5) is 0 Å². The van der Waals surface area contributed by atoms with Crippen LogP contribution in [0.2, 0.25) is 0 Å². The molecule has 1 aliphatic heterocycles. The van der Waals surface area contributed by atoms with Crippen molar-refractivity contribution in [3.05, 3.63) is 70.7 Å². The van der Waals surface area contributed by atoms with E-state index in [2.05, 4.69) is 32.6 Å². The van der Waals surface area contributed by atoms with Crippen molar-refractivity contribution < 1.29 is 19.4 Å². The third kappa shape index (κ3) is 5.92. The molecule has 0 radical (unpaired) electrons. The smallest absolute Gasteiger partial charge is 0.295 e. The van der Waals surface area contributed by atoms with Gasteiger partial charge in [0.05, 0.1) is 23.9 Å². The van der Waals surface area contributed by atoms with Gasteiger partial charge in [0, 0.05) is 12.7 Å². The monoisotopic (exact) mass is 546 g/mol. The summed E-state index contributed by atoms with van der Waals surface area (Å²) in [5, 5.41) is 11.7. The first-order chi connectivity index (χ1) is 19.2. The number of hydrogen-bond acceptors (Lipinski definition) is 6. The Kier molecular flexibility index (Phi) is 9.30. The van der Waals surface area contributed by atoms with Crippen LogP contribution in [0.25, 0.3) is 11.4 Å². The summed E-state index contributed by atoms with van der Waals surface area (Å²) in [6, 6.07) is 10.6. The first-order valence-electron chi connectivity index (χ1n) is 14.4. The van der Waals surface area contributed by atoms with Gasteiger partial charge >= 0.3 is 0 Å². The van der Waals surface area contributed by atoms with Crippen LogP contribution in [-0.4, -0.2) is 68.8 Å². The Balaban J connectivity index is 1.78. The van der Waals surface area contributed by atoms with Crippen LogP contribution in [0.3, 0.4) is 0 Å². The van der Waals surface area contributed by atoms with E-state index in [0.717, 1.165) is 37.2 Å². The second-order valence-electron chi connectivity index (χ2n) is 10.9. The van der Waals surface area contributed by atoms with Crippen LogP contribution in [0.15, 0.2) is 48.2 Å². The molecule has 8 heteroatoms. The number of rotatable bonds is 12. The predicted octanol–water partition coefficient (Wildman–Crippen LogP) is 5.53. The molecule has 1 N–H and O–H groups in total. The summed E-state index contributed by atoms with van der Waals surface area (Å²) in [6.45, 7) is 15.9. The van der Waals surface area contributed by atoms with Gasteiger partial charge < -0.3 is 24.0 Å². The normalized spacial score (nSPS) is 17.1. The fraction of sp³-hybridized carbons (Fsp3) is 0.469. The maximum Gasteiger partial charge on any atom is 0.295 e. The van der Waals surface area contributed by atoms with Crippen LogP contribution in [0.5, 0.6) is 5.75 Å². The average Bonchev–Trinajstić information content (AvgIpc) is 3.41. The first kappa shape index (κ1) is 29.3. The minimum atomic E-state index is -0.740. The third-order valence-corrected chi connectivity index (χ3v) is 7.75. The lowest BCUT2D eigenvalue weighted by Gasteiger charge is -2.27. The van der Waals surface area contributed by atoms with Crippen LogP contribution in [-0.2, 0) is 9.59 Å². The Hall–Kier alpha value is -3.65. The van der Waals surface area contributed by atoms with E-state index in [1.807, 2.05) is 60.8 Å². The van der Waals surface area contributed by atoms with Crippen molar-refractivity contribution in [3.8, 4) is 5.75 Å². The Labute approximate surface area is 237 Å². The molecule has 1 unspecified atom stereocenters. The van der Waals surface area contributed by atoms with Gasteiger partial charge in [-0.3, -0.25) is 9.59 Å². The summed E-state index contributed by atoms with van der Waals surface area (Å²) >= 11 is 0. The van der Waals surface area contributed by atoms with E-state index in [4.69, 9.17) is 9.72 Å². The number of nitrogens with zero attached hydrogens (tertiary/aromatic N) is 4. The van der Waals surface area contributed by atoms with Crippen molar-refractivity contribution in [3.63, 3.8) is 0 Å². The molecule has 3 aromatic rings. The van der Waals surface area contributed by atoms with Gasteiger partial charge in [0.1, 0.15) is 17.1 Å². The molecule has 0 bridgehead atoms. The number of Topliss-reactive ketones (excluding diaryl/α,β-unsaturated/α-hetero) is 1. The zero-order valence-electron chi connectivity index (χ0n) is 24.6. The van der Waals surface area contributed by atoms with E-state index in [1.54, 1.807) is 4.90 Å². The highest BCUT2D eigenvalue weighted by Gasteiger charge is 2.46. The number of hydrogen-bond donors (Lipinski definition) is 1. The second kappa shape index (κ2) is 12.7. The molecule has 1 aliphatic rings. The number of benzene rings is 1. The quantitative estimate of drug-likeness (QED) is 0.183. The molecule has 4 rings (SSSR count). The number of imidazole rings is 1. The molecular formula is C32H42N4O4. The highest BCUT2D eigenvalue weighted by Crippen LogP contribution is 2.40. The molecule has 0 saturated carbocycles. The van der Waals surface area contributed by atoms with Gasteiger partial charge in [0.2, 0.25) is 0 Å². The van der Waals surface area contributed by atoms with E-state index in [1.165, 1.54) is 0 Å². The van der Waals surface area contributed by atoms with Gasteiger partial charge in [-0.15, -0.1) is 0 Å². The van der Waals surface area contributed by atoms with E-state index in [-0.39, 0.29) is 11.3 Å². The molecule has 1 fully saturated rings. The van der Waals surface area contributed by atoms with Crippen molar-refractivity contribution in [1.29, 1.82) is 0 Å². The molecule has 1 amide bonds. The number of fused-ring (bicyclic) bond motifs is 1. The van der Waals surface area contributed by atoms with E-state index in [9.17, 15) is 14.7 Å². The second-order valence-corrected chi connectivity index (χ2v) is 10.9. The number of aliphatic hydroxyl groups is 1. The fourth-order valence-electron chi connectivity index (χ4n) is 5.32. The summed E-state index contributed by atoms with van der Waals surface area (Å²) in [5.74, 6) is -0.356. The summed E-state index contributed by atoms with van der Waals surface area (Å²) in [7, 11) is 0. The van der Waals surface area contributed by atoms with E-state index in [0.29, 0.717) is 48.3 Å². The lowest BCUT2D eigenvalue weighted by Crippen LogP contribution is -2.33. The number of ether oxygens (including phenoxy) is 1. The largest absolute Gasteiger partial charge is 0.505 e. The number of pyridine rings is 1. The number of carbonyl (C=O) groups is 2. The molecule has 1 aromatic carbocycles.